The second kappa shape index (κ2) is 8.64. The summed E-state index contributed by atoms with van der Waals surface area (Å²) in [6, 6.07) is 10.6. The monoisotopic (exact) mass is 326 g/mol. The summed E-state index contributed by atoms with van der Waals surface area (Å²) in [5.41, 5.74) is 2.46. The molecule has 1 aromatic carbocycles. The van der Waals surface area contributed by atoms with E-state index in [9.17, 15) is 4.79 Å². The van der Waals surface area contributed by atoms with Crippen molar-refractivity contribution in [2.75, 3.05) is 19.6 Å². The molecule has 0 bridgehead atoms. The third-order valence-electron chi connectivity index (χ3n) is 4.69. The van der Waals surface area contributed by atoms with Crippen molar-refractivity contribution in [3.8, 4) is 0 Å². The summed E-state index contributed by atoms with van der Waals surface area (Å²) in [6.07, 6.45) is 7.20. The normalized spacial score (nSPS) is 17.9. The Morgan fingerprint density at radius 1 is 1.29 bits per heavy atom. The molecule has 5 heteroatoms. The highest BCUT2D eigenvalue weighted by Crippen LogP contribution is 2.21. The van der Waals surface area contributed by atoms with Crippen LogP contribution >= 0.6 is 0 Å². The van der Waals surface area contributed by atoms with Crippen LogP contribution in [0.3, 0.4) is 0 Å². The van der Waals surface area contributed by atoms with Gasteiger partial charge in [0.2, 0.25) is 5.91 Å². The van der Waals surface area contributed by atoms with Gasteiger partial charge in [0, 0.05) is 32.3 Å². The molecule has 1 fully saturated rings. The molecule has 5 nitrogen and oxygen atoms in total. The van der Waals surface area contributed by atoms with Gasteiger partial charge in [-0.25, -0.2) is 0 Å². The highest BCUT2D eigenvalue weighted by Gasteiger charge is 2.22. The Morgan fingerprint density at radius 3 is 2.96 bits per heavy atom. The van der Waals surface area contributed by atoms with Crippen molar-refractivity contribution >= 4 is 5.91 Å². The van der Waals surface area contributed by atoms with Crippen LogP contribution in [0.5, 0.6) is 0 Å². The Kier molecular flexibility index (Phi) is 6.01. The van der Waals surface area contributed by atoms with Crippen molar-refractivity contribution < 1.29 is 4.79 Å². The number of rotatable bonds is 8. The largest absolute Gasteiger partial charge is 0.356 e. The molecule has 128 valence electrons. The van der Waals surface area contributed by atoms with Crippen molar-refractivity contribution in [1.82, 2.24) is 20.4 Å². The molecule has 2 N–H and O–H groups in total. The van der Waals surface area contributed by atoms with Gasteiger partial charge in [0.25, 0.3) is 0 Å². The van der Waals surface area contributed by atoms with Crippen LogP contribution in [0.2, 0.25) is 0 Å². The van der Waals surface area contributed by atoms with E-state index in [-0.39, 0.29) is 5.91 Å². The molecule has 0 spiro atoms. The minimum absolute atomic E-state index is 0.135. The molecule has 1 saturated heterocycles. The molecule has 0 aliphatic carbocycles. The number of hydrogen-bond donors (Lipinski definition) is 2. The standard InChI is InChI=1S/C19H26N4O/c24-19(7-6-18-12-21-22-13-18)20-10-8-17-9-11-23(15-17)14-16-4-2-1-3-5-16/h1-5,12-13,17H,6-11,14-15H2,(H,20,24)(H,21,22)/t17-/m1/s1. The lowest BCUT2D eigenvalue weighted by atomic mass is 10.1. The van der Waals surface area contributed by atoms with Crippen LogP contribution in [-0.2, 0) is 17.8 Å². The fraction of sp³-hybridized carbons (Fsp3) is 0.474. The number of amides is 1. The summed E-state index contributed by atoms with van der Waals surface area (Å²) in [6.45, 7) is 4.12. The van der Waals surface area contributed by atoms with Crippen molar-refractivity contribution in [3.05, 3.63) is 53.9 Å². The summed E-state index contributed by atoms with van der Waals surface area (Å²) < 4.78 is 0. The summed E-state index contributed by atoms with van der Waals surface area (Å²) >= 11 is 0. The molecule has 0 unspecified atom stereocenters. The number of carbonyl (C=O) groups is 1. The van der Waals surface area contributed by atoms with Crippen molar-refractivity contribution in [3.63, 3.8) is 0 Å². The average molecular weight is 326 g/mol. The Hall–Kier alpha value is -2.14. The van der Waals surface area contributed by atoms with Gasteiger partial charge in [-0.3, -0.25) is 14.8 Å². The van der Waals surface area contributed by atoms with Crippen LogP contribution in [0.1, 0.15) is 30.4 Å². The van der Waals surface area contributed by atoms with E-state index >= 15 is 0 Å². The maximum Gasteiger partial charge on any atom is 0.220 e. The Morgan fingerprint density at radius 2 is 2.17 bits per heavy atom. The van der Waals surface area contributed by atoms with Crippen LogP contribution < -0.4 is 5.32 Å². The molecule has 1 aliphatic heterocycles. The first-order valence-electron chi connectivity index (χ1n) is 8.80. The van der Waals surface area contributed by atoms with E-state index in [1.54, 1.807) is 6.20 Å². The number of carbonyl (C=O) groups excluding carboxylic acids is 1. The predicted octanol–water partition coefficient (Wildman–Crippen LogP) is 2.37. The maximum atomic E-state index is 11.9. The number of nitrogens with one attached hydrogen (secondary N) is 2. The van der Waals surface area contributed by atoms with Crippen LogP contribution in [0, 0.1) is 5.92 Å². The van der Waals surface area contributed by atoms with E-state index in [0.29, 0.717) is 12.3 Å². The lowest BCUT2D eigenvalue weighted by Gasteiger charge is -2.16. The fourth-order valence-electron chi connectivity index (χ4n) is 3.31. The lowest BCUT2D eigenvalue weighted by Crippen LogP contribution is -2.27. The summed E-state index contributed by atoms with van der Waals surface area (Å²) in [4.78, 5) is 14.4. The maximum absolute atomic E-state index is 11.9. The van der Waals surface area contributed by atoms with Crippen LogP contribution in [-0.4, -0.2) is 40.6 Å². The van der Waals surface area contributed by atoms with E-state index in [2.05, 4.69) is 50.7 Å². The molecule has 1 atom stereocenters. The van der Waals surface area contributed by atoms with E-state index < -0.39 is 0 Å². The van der Waals surface area contributed by atoms with E-state index in [0.717, 1.165) is 44.6 Å². The van der Waals surface area contributed by atoms with E-state index in [1.807, 2.05) is 6.20 Å². The third-order valence-corrected chi connectivity index (χ3v) is 4.69. The molecule has 0 saturated carbocycles. The van der Waals surface area contributed by atoms with E-state index in [1.165, 1.54) is 12.0 Å². The summed E-state index contributed by atoms with van der Waals surface area (Å²) in [5, 5.41) is 9.71. The smallest absolute Gasteiger partial charge is 0.220 e. The zero-order valence-corrected chi connectivity index (χ0v) is 14.1. The van der Waals surface area contributed by atoms with Gasteiger partial charge in [-0.05, 0) is 42.9 Å². The molecule has 3 rings (SSSR count). The zero-order chi connectivity index (χ0) is 16.6. The Balaban J connectivity index is 1.29. The number of likely N-dealkylation sites (tertiary alicyclic amines) is 1. The number of aromatic amines is 1. The number of aryl methyl sites for hydroxylation is 1. The molecular formula is C19H26N4O. The number of benzene rings is 1. The summed E-state index contributed by atoms with van der Waals surface area (Å²) in [7, 11) is 0. The average Bonchev–Trinajstić information content (AvgIpc) is 3.26. The minimum atomic E-state index is 0.135. The third kappa shape index (κ3) is 5.20. The van der Waals surface area contributed by atoms with Crippen LogP contribution in [0.4, 0.5) is 0 Å². The predicted molar refractivity (Wildman–Crippen MR) is 94.4 cm³/mol. The first-order chi connectivity index (χ1) is 11.8. The number of hydrogen-bond acceptors (Lipinski definition) is 3. The van der Waals surface area contributed by atoms with Crippen molar-refractivity contribution in [2.24, 2.45) is 5.92 Å². The quantitative estimate of drug-likeness (QED) is 0.783. The van der Waals surface area contributed by atoms with Gasteiger partial charge >= 0.3 is 0 Å². The molecule has 1 aromatic heterocycles. The van der Waals surface area contributed by atoms with E-state index in [4.69, 9.17) is 0 Å². The first-order valence-corrected chi connectivity index (χ1v) is 8.80. The van der Waals surface area contributed by atoms with Crippen LogP contribution in [0.15, 0.2) is 42.7 Å². The zero-order valence-electron chi connectivity index (χ0n) is 14.1. The van der Waals surface area contributed by atoms with Gasteiger partial charge in [0.15, 0.2) is 0 Å². The van der Waals surface area contributed by atoms with Crippen molar-refractivity contribution in [1.29, 1.82) is 0 Å². The fourth-order valence-corrected chi connectivity index (χ4v) is 3.31. The molecule has 24 heavy (non-hydrogen) atoms. The topological polar surface area (TPSA) is 61.0 Å². The van der Waals surface area contributed by atoms with Gasteiger partial charge < -0.3 is 5.32 Å². The summed E-state index contributed by atoms with van der Waals surface area (Å²) in [5.74, 6) is 0.832. The number of nitrogens with zero attached hydrogens (tertiary/aromatic N) is 2. The second-order valence-corrected chi connectivity index (χ2v) is 6.62. The Labute approximate surface area is 143 Å². The molecular weight excluding hydrogens is 300 g/mol. The van der Waals surface area contributed by atoms with Gasteiger partial charge in [-0.1, -0.05) is 30.3 Å². The SMILES string of the molecule is O=C(CCc1cn[nH]c1)NCC[C@@H]1CCN(Cc2ccccc2)C1. The molecule has 1 amide bonds. The number of aromatic nitrogens is 2. The minimum Gasteiger partial charge on any atom is -0.356 e. The molecule has 0 radical (unpaired) electrons. The highest BCUT2D eigenvalue weighted by atomic mass is 16.1. The van der Waals surface area contributed by atoms with Crippen LogP contribution in [0.25, 0.3) is 0 Å². The molecule has 1 aliphatic rings. The van der Waals surface area contributed by atoms with Gasteiger partial charge in [0.1, 0.15) is 0 Å². The first kappa shape index (κ1) is 16.7. The highest BCUT2D eigenvalue weighted by molar-refractivity contribution is 5.76. The van der Waals surface area contributed by atoms with Gasteiger partial charge in [-0.2, -0.15) is 5.10 Å². The van der Waals surface area contributed by atoms with Crippen molar-refractivity contribution in [2.45, 2.75) is 32.2 Å². The molecule has 2 heterocycles. The lowest BCUT2D eigenvalue weighted by molar-refractivity contribution is -0.121. The number of H-pyrrole nitrogens is 1. The Bertz CT molecular complexity index is 612. The molecule has 2 aromatic rings. The van der Waals surface area contributed by atoms with Gasteiger partial charge in [-0.15, -0.1) is 0 Å². The van der Waals surface area contributed by atoms with Gasteiger partial charge in [0.05, 0.1) is 6.20 Å². The second-order valence-electron chi connectivity index (χ2n) is 6.62.